The van der Waals surface area contributed by atoms with Crippen LogP contribution in [0.4, 0.5) is 0 Å². The summed E-state index contributed by atoms with van der Waals surface area (Å²) in [5, 5.41) is 12.7. The summed E-state index contributed by atoms with van der Waals surface area (Å²) in [6.45, 7) is 0.475. The lowest BCUT2D eigenvalue weighted by Crippen LogP contribution is -2.58. The second-order valence-corrected chi connectivity index (χ2v) is 8.39. The van der Waals surface area contributed by atoms with Crippen molar-refractivity contribution in [1.82, 2.24) is 9.88 Å². The van der Waals surface area contributed by atoms with E-state index < -0.39 is 6.61 Å². The normalized spacial score (nSPS) is 34.3. The molecule has 0 amide bonds. The monoisotopic (exact) mass is 328 g/mol. The zero-order valence-corrected chi connectivity index (χ0v) is 14.5. The van der Waals surface area contributed by atoms with E-state index in [0.29, 0.717) is 5.54 Å². The first-order valence-electron chi connectivity index (χ1n) is 9.27. The SMILES string of the molecule is Cn1cc(CNC23CC4CC(CC(C4)C2)C3)cc1/C=C/C(=O)CO. The minimum atomic E-state index is -0.429. The lowest BCUT2D eigenvalue weighted by Gasteiger charge is -2.57. The molecule has 0 unspecified atom stereocenters. The molecule has 0 spiro atoms. The molecular weight excluding hydrogens is 300 g/mol. The molecule has 130 valence electrons. The van der Waals surface area contributed by atoms with Gasteiger partial charge in [-0.2, -0.15) is 0 Å². The molecule has 24 heavy (non-hydrogen) atoms. The Morgan fingerprint density at radius 3 is 2.50 bits per heavy atom. The van der Waals surface area contributed by atoms with Crippen LogP contribution >= 0.6 is 0 Å². The molecule has 5 rings (SSSR count). The Bertz CT molecular complexity index is 623. The molecule has 4 heteroatoms. The molecule has 2 N–H and O–H groups in total. The number of aliphatic hydroxyl groups is 1. The van der Waals surface area contributed by atoms with Gasteiger partial charge in [-0.1, -0.05) is 0 Å². The summed E-state index contributed by atoms with van der Waals surface area (Å²) in [5.74, 6) is 2.62. The fourth-order valence-electron chi connectivity index (χ4n) is 5.76. The molecule has 4 aliphatic carbocycles. The van der Waals surface area contributed by atoms with Gasteiger partial charge in [0.25, 0.3) is 0 Å². The van der Waals surface area contributed by atoms with E-state index in [4.69, 9.17) is 5.11 Å². The number of nitrogens with one attached hydrogen (secondary N) is 1. The van der Waals surface area contributed by atoms with Crippen molar-refractivity contribution in [1.29, 1.82) is 0 Å². The maximum atomic E-state index is 11.2. The van der Waals surface area contributed by atoms with Crippen LogP contribution in [0, 0.1) is 17.8 Å². The first-order chi connectivity index (χ1) is 11.5. The second-order valence-electron chi connectivity index (χ2n) is 8.39. The molecule has 0 atom stereocenters. The van der Waals surface area contributed by atoms with Crippen LogP contribution in [0.1, 0.15) is 49.8 Å². The van der Waals surface area contributed by atoms with Gasteiger partial charge in [0.2, 0.25) is 0 Å². The molecule has 1 aromatic heterocycles. The molecule has 4 fully saturated rings. The quantitative estimate of drug-likeness (QED) is 0.790. The summed E-state index contributed by atoms with van der Waals surface area (Å²) in [7, 11) is 2.00. The number of carbonyl (C=O) groups excluding carboxylic acids is 1. The van der Waals surface area contributed by atoms with E-state index in [1.165, 1.54) is 50.2 Å². The Hall–Kier alpha value is -1.39. The van der Waals surface area contributed by atoms with Crippen molar-refractivity contribution in [3.8, 4) is 0 Å². The summed E-state index contributed by atoms with van der Waals surface area (Å²) < 4.78 is 2.04. The van der Waals surface area contributed by atoms with Gasteiger partial charge in [-0.15, -0.1) is 0 Å². The summed E-state index contributed by atoms with van der Waals surface area (Å²) >= 11 is 0. The molecule has 0 saturated heterocycles. The first kappa shape index (κ1) is 16.1. The predicted molar refractivity (Wildman–Crippen MR) is 94.3 cm³/mol. The van der Waals surface area contributed by atoms with Crippen LogP contribution in [0.5, 0.6) is 0 Å². The number of aromatic nitrogens is 1. The lowest BCUT2D eigenvalue weighted by molar-refractivity contribution is -0.117. The number of ketones is 1. The van der Waals surface area contributed by atoms with Crippen molar-refractivity contribution in [3.63, 3.8) is 0 Å². The number of nitrogens with zero attached hydrogens (tertiary/aromatic N) is 1. The van der Waals surface area contributed by atoms with Crippen LogP contribution in [0.3, 0.4) is 0 Å². The van der Waals surface area contributed by atoms with Gasteiger partial charge < -0.3 is 15.0 Å². The standard InChI is InChI=1S/C20H28N2O2/c1-22-12-17(7-18(22)2-3-19(24)13-23)11-21-20-8-14-4-15(9-20)6-16(5-14)10-20/h2-3,7,12,14-16,21,23H,4-6,8-11,13H2,1H3/b3-2+. The molecule has 0 radical (unpaired) electrons. The van der Waals surface area contributed by atoms with Crippen molar-refractivity contribution >= 4 is 11.9 Å². The van der Waals surface area contributed by atoms with Gasteiger partial charge in [-0.3, -0.25) is 4.79 Å². The Labute approximate surface area is 143 Å². The minimum Gasteiger partial charge on any atom is -0.388 e. The van der Waals surface area contributed by atoms with E-state index in [1.54, 1.807) is 6.08 Å². The number of hydrogen-bond acceptors (Lipinski definition) is 3. The van der Waals surface area contributed by atoms with Gasteiger partial charge in [-0.05, 0) is 80.1 Å². The van der Waals surface area contributed by atoms with E-state index in [-0.39, 0.29) is 5.78 Å². The molecule has 1 heterocycles. The van der Waals surface area contributed by atoms with Gasteiger partial charge in [0, 0.05) is 31.0 Å². The fraction of sp³-hybridized carbons (Fsp3) is 0.650. The smallest absolute Gasteiger partial charge is 0.181 e. The van der Waals surface area contributed by atoms with Crippen LogP contribution in [0.25, 0.3) is 6.08 Å². The summed E-state index contributed by atoms with van der Waals surface area (Å²) in [4.78, 5) is 11.2. The van der Waals surface area contributed by atoms with Gasteiger partial charge in [-0.25, -0.2) is 0 Å². The molecule has 4 nitrogen and oxygen atoms in total. The average Bonchev–Trinajstić information content (AvgIpc) is 2.89. The van der Waals surface area contributed by atoms with Crippen molar-refractivity contribution in [3.05, 3.63) is 29.6 Å². The molecular formula is C20H28N2O2. The topological polar surface area (TPSA) is 54.3 Å². The third-order valence-corrected chi connectivity index (χ3v) is 6.40. The van der Waals surface area contributed by atoms with Crippen LogP contribution in [-0.2, 0) is 18.4 Å². The van der Waals surface area contributed by atoms with Crippen molar-refractivity contribution in [2.75, 3.05) is 6.61 Å². The summed E-state index contributed by atoms with van der Waals surface area (Å²) in [5.41, 5.74) is 2.65. The van der Waals surface area contributed by atoms with Crippen molar-refractivity contribution in [2.45, 2.75) is 50.6 Å². The molecule has 0 aliphatic heterocycles. The van der Waals surface area contributed by atoms with Crippen LogP contribution in [0.15, 0.2) is 18.3 Å². The second kappa shape index (κ2) is 6.16. The average molecular weight is 328 g/mol. The Kier molecular flexibility index (Phi) is 4.13. The molecule has 4 saturated carbocycles. The van der Waals surface area contributed by atoms with Crippen LogP contribution in [0.2, 0.25) is 0 Å². The van der Waals surface area contributed by atoms with E-state index in [2.05, 4.69) is 17.6 Å². The number of aliphatic hydroxyl groups excluding tert-OH is 1. The highest BCUT2D eigenvalue weighted by Gasteiger charge is 2.50. The zero-order chi connectivity index (χ0) is 16.7. The number of carbonyl (C=O) groups is 1. The highest BCUT2D eigenvalue weighted by molar-refractivity contribution is 5.94. The first-order valence-corrected chi connectivity index (χ1v) is 9.27. The molecule has 0 aromatic carbocycles. The molecule has 4 bridgehead atoms. The highest BCUT2D eigenvalue weighted by Crippen LogP contribution is 2.55. The fourth-order valence-corrected chi connectivity index (χ4v) is 5.76. The Morgan fingerprint density at radius 1 is 1.29 bits per heavy atom. The third-order valence-electron chi connectivity index (χ3n) is 6.40. The van der Waals surface area contributed by atoms with Gasteiger partial charge in [0.05, 0.1) is 0 Å². The maximum Gasteiger partial charge on any atom is 0.181 e. The van der Waals surface area contributed by atoms with Crippen molar-refractivity contribution in [2.24, 2.45) is 24.8 Å². The third kappa shape index (κ3) is 3.09. The largest absolute Gasteiger partial charge is 0.388 e. The van der Waals surface area contributed by atoms with Gasteiger partial charge >= 0.3 is 0 Å². The van der Waals surface area contributed by atoms with E-state index in [9.17, 15) is 4.79 Å². The predicted octanol–water partition coefficient (Wildman–Crippen LogP) is 2.66. The number of aryl methyl sites for hydroxylation is 1. The molecule has 1 aromatic rings. The minimum absolute atomic E-state index is 0.260. The lowest BCUT2D eigenvalue weighted by atomic mass is 9.53. The Morgan fingerprint density at radius 2 is 1.92 bits per heavy atom. The van der Waals surface area contributed by atoms with E-state index >= 15 is 0 Å². The Balaban J connectivity index is 1.41. The van der Waals surface area contributed by atoms with Crippen molar-refractivity contribution < 1.29 is 9.90 Å². The number of rotatable bonds is 6. The van der Waals surface area contributed by atoms with Gasteiger partial charge in [0.15, 0.2) is 5.78 Å². The van der Waals surface area contributed by atoms with Gasteiger partial charge in [0.1, 0.15) is 6.61 Å². The maximum absolute atomic E-state index is 11.2. The van der Waals surface area contributed by atoms with E-state index in [0.717, 1.165) is 30.0 Å². The summed E-state index contributed by atoms with van der Waals surface area (Å²) in [6.07, 6.45) is 13.9. The van der Waals surface area contributed by atoms with Crippen LogP contribution < -0.4 is 5.32 Å². The van der Waals surface area contributed by atoms with Crippen LogP contribution in [-0.4, -0.2) is 27.6 Å². The summed E-state index contributed by atoms with van der Waals surface area (Å²) in [6, 6.07) is 2.13. The number of hydrogen-bond donors (Lipinski definition) is 2. The van der Waals surface area contributed by atoms with E-state index in [1.807, 2.05) is 11.6 Å². The highest BCUT2D eigenvalue weighted by atomic mass is 16.3. The zero-order valence-electron chi connectivity index (χ0n) is 14.5. The molecule has 4 aliphatic rings.